The molecule has 162 valence electrons. The summed E-state index contributed by atoms with van der Waals surface area (Å²) in [5.74, 6) is -1.04. The minimum absolute atomic E-state index is 0.00697. The van der Waals surface area contributed by atoms with Gasteiger partial charge in [0.15, 0.2) is 0 Å². The lowest BCUT2D eigenvalue weighted by Gasteiger charge is -2.19. The Kier molecular flexibility index (Phi) is 8.39. The number of hydrogen-bond acceptors (Lipinski definition) is 5. The maximum Gasteiger partial charge on any atom is 0.251 e. The first-order chi connectivity index (χ1) is 14.2. The lowest BCUT2D eigenvalue weighted by Crippen LogP contribution is -2.30. The van der Waals surface area contributed by atoms with E-state index in [9.17, 15) is 23.1 Å². The summed E-state index contributed by atoms with van der Waals surface area (Å²) in [4.78, 5) is 24.2. The fourth-order valence-electron chi connectivity index (χ4n) is 2.69. The lowest BCUT2D eigenvalue weighted by molar-refractivity contribution is -0.116. The Morgan fingerprint density at radius 1 is 1.07 bits per heavy atom. The number of carbonyl (C=O) groups excluding carboxylic acids is 2. The number of phenolic OH excluding ortho intramolecular Hbond substituents is 1. The number of carbonyl (C=O) groups is 2. The Morgan fingerprint density at radius 3 is 2.30 bits per heavy atom. The molecule has 0 bridgehead atoms. The van der Waals surface area contributed by atoms with Gasteiger partial charge in [-0.2, -0.15) is 4.31 Å². The first-order valence-electron chi connectivity index (χ1n) is 9.35. The number of halogens is 1. The molecule has 0 saturated carbocycles. The average molecular weight is 498 g/mol. The van der Waals surface area contributed by atoms with Gasteiger partial charge in [-0.05, 0) is 42.5 Å². The van der Waals surface area contributed by atoms with Gasteiger partial charge in [0.25, 0.3) is 5.91 Å². The van der Waals surface area contributed by atoms with Gasteiger partial charge in [-0.1, -0.05) is 29.8 Å². The monoisotopic (exact) mass is 497 g/mol. The molecule has 0 heterocycles. The molecule has 0 radical (unpaired) electrons. The Bertz CT molecular complexity index is 1010. The third-order valence-electron chi connectivity index (χ3n) is 4.33. The van der Waals surface area contributed by atoms with Crippen LogP contribution in [0.5, 0.6) is 5.75 Å². The van der Waals surface area contributed by atoms with Crippen LogP contribution in [0.4, 0.5) is 5.69 Å². The maximum absolute atomic E-state index is 12.6. The Hall–Kier alpha value is -2.43. The van der Waals surface area contributed by atoms with Crippen LogP contribution < -0.4 is 10.6 Å². The molecule has 0 saturated heterocycles. The van der Waals surface area contributed by atoms with E-state index < -0.39 is 15.9 Å². The summed E-state index contributed by atoms with van der Waals surface area (Å²) in [7, 11) is -3.73. The van der Waals surface area contributed by atoms with Crippen molar-refractivity contribution in [2.75, 3.05) is 25.0 Å². The standard InChI is InChI=1S/C20H24BrN3O5S/c1-3-24(4-2)30(28,29)16-9-10-18(25)17(13-16)23-19(26)11-12-22-20(27)14-5-7-15(21)8-6-14/h5-10,13,25H,3-4,11-12H2,1-2H3,(H,22,27)(H,23,26). The third kappa shape index (κ3) is 6.04. The molecule has 0 atom stereocenters. The minimum Gasteiger partial charge on any atom is -0.506 e. The highest BCUT2D eigenvalue weighted by molar-refractivity contribution is 9.10. The number of nitrogens with zero attached hydrogens (tertiary/aromatic N) is 1. The van der Waals surface area contributed by atoms with Gasteiger partial charge < -0.3 is 15.7 Å². The van der Waals surface area contributed by atoms with Crippen LogP contribution in [-0.2, 0) is 14.8 Å². The van der Waals surface area contributed by atoms with Crippen molar-refractivity contribution >= 4 is 43.5 Å². The van der Waals surface area contributed by atoms with Crippen molar-refractivity contribution < 1.29 is 23.1 Å². The van der Waals surface area contributed by atoms with E-state index in [1.807, 2.05) is 0 Å². The summed E-state index contributed by atoms with van der Waals surface area (Å²) in [6, 6.07) is 10.5. The van der Waals surface area contributed by atoms with E-state index in [2.05, 4.69) is 26.6 Å². The van der Waals surface area contributed by atoms with Crippen LogP contribution in [0.3, 0.4) is 0 Å². The minimum atomic E-state index is -3.73. The molecule has 0 aromatic heterocycles. The van der Waals surface area contributed by atoms with Crippen molar-refractivity contribution in [3.63, 3.8) is 0 Å². The summed E-state index contributed by atoms with van der Waals surface area (Å²) >= 11 is 3.29. The lowest BCUT2D eigenvalue weighted by atomic mass is 10.2. The van der Waals surface area contributed by atoms with E-state index in [0.29, 0.717) is 18.7 Å². The van der Waals surface area contributed by atoms with Gasteiger partial charge in [0.2, 0.25) is 15.9 Å². The number of rotatable bonds is 9. The average Bonchev–Trinajstić information content (AvgIpc) is 2.70. The normalized spacial score (nSPS) is 11.3. The fraction of sp³-hybridized carbons (Fsp3) is 0.300. The smallest absolute Gasteiger partial charge is 0.251 e. The predicted molar refractivity (Wildman–Crippen MR) is 118 cm³/mol. The third-order valence-corrected chi connectivity index (χ3v) is 6.90. The first kappa shape index (κ1) is 23.8. The number of amides is 2. The van der Waals surface area contributed by atoms with Crippen LogP contribution >= 0.6 is 15.9 Å². The van der Waals surface area contributed by atoms with Gasteiger partial charge in [0.05, 0.1) is 10.6 Å². The topological polar surface area (TPSA) is 116 Å². The van der Waals surface area contributed by atoms with Crippen LogP contribution in [0.15, 0.2) is 51.8 Å². The molecule has 2 aromatic carbocycles. The molecule has 10 heteroatoms. The van der Waals surface area contributed by atoms with Gasteiger partial charge in [0.1, 0.15) is 5.75 Å². The highest BCUT2D eigenvalue weighted by Gasteiger charge is 2.23. The molecule has 0 unspecified atom stereocenters. The van der Waals surface area contributed by atoms with Crippen LogP contribution in [-0.4, -0.2) is 49.3 Å². The molecule has 8 nitrogen and oxygen atoms in total. The number of phenols is 1. The number of nitrogens with one attached hydrogen (secondary N) is 2. The van der Waals surface area contributed by atoms with E-state index in [-0.39, 0.29) is 35.2 Å². The Morgan fingerprint density at radius 2 is 1.70 bits per heavy atom. The van der Waals surface area contributed by atoms with Crippen molar-refractivity contribution in [1.82, 2.24) is 9.62 Å². The highest BCUT2D eigenvalue weighted by atomic mass is 79.9. The zero-order valence-electron chi connectivity index (χ0n) is 16.7. The van der Waals surface area contributed by atoms with Crippen molar-refractivity contribution in [2.45, 2.75) is 25.2 Å². The van der Waals surface area contributed by atoms with Crippen LogP contribution in [0.2, 0.25) is 0 Å². The van der Waals surface area contributed by atoms with Crippen LogP contribution in [0.25, 0.3) is 0 Å². The summed E-state index contributed by atoms with van der Waals surface area (Å²) < 4.78 is 27.4. The summed E-state index contributed by atoms with van der Waals surface area (Å²) in [6.45, 7) is 4.15. The molecule has 0 fully saturated rings. The predicted octanol–water partition coefficient (Wildman–Crippen LogP) is 2.94. The molecule has 0 aliphatic carbocycles. The maximum atomic E-state index is 12.6. The second kappa shape index (κ2) is 10.6. The number of hydrogen-bond donors (Lipinski definition) is 3. The molecular weight excluding hydrogens is 474 g/mol. The molecular formula is C20H24BrN3O5S. The number of anilines is 1. The zero-order chi connectivity index (χ0) is 22.3. The molecule has 0 aliphatic rings. The van der Waals surface area contributed by atoms with E-state index in [4.69, 9.17) is 0 Å². The van der Waals surface area contributed by atoms with Gasteiger partial charge in [-0.3, -0.25) is 9.59 Å². The summed E-state index contributed by atoms with van der Waals surface area (Å²) in [5, 5.41) is 15.1. The van der Waals surface area contributed by atoms with E-state index in [0.717, 1.165) is 4.47 Å². The van der Waals surface area contributed by atoms with Crippen molar-refractivity contribution in [1.29, 1.82) is 0 Å². The quantitative estimate of drug-likeness (QED) is 0.460. The molecule has 30 heavy (non-hydrogen) atoms. The molecule has 2 rings (SSSR count). The van der Waals surface area contributed by atoms with E-state index >= 15 is 0 Å². The number of sulfonamides is 1. The molecule has 0 spiro atoms. The molecule has 0 aliphatic heterocycles. The number of aromatic hydroxyl groups is 1. The van der Waals surface area contributed by atoms with Crippen LogP contribution in [0, 0.1) is 0 Å². The first-order valence-corrected chi connectivity index (χ1v) is 11.6. The second-order valence-electron chi connectivity index (χ2n) is 6.33. The SMILES string of the molecule is CCN(CC)S(=O)(=O)c1ccc(O)c(NC(=O)CCNC(=O)c2ccc(Br)cc2)c1. The molecule has 3 N–H and O–H groups in total. The Balaban J connectivity index is 1.99. The van der Waals surface area contributed by atoms with Crippen molar-refractivity contribution in [3.05, 3.63) is 52.5 Å². The Labute approximate surface area is 184 Å². The molecule has 2 aromatic rings. The van der Waals surface area contributed by atoms with Gasteiger partial charge in [-0.25, -0.2) is 8.42 Å². The number of benzene rings is 2. The van der Waals surface area contributed by atoms with Crippen LogP contribution in [0.1, 0.15) is 30.6 Å². The highest BCUT2D eigenvalue weighted by Crippen LogP contribution is 2.28. The largest absolute Gasteiger partial charge is 0.506 e. The fourth-order valence-corrected chi connectivity index (χ4v) is 4.44. The molecule has 2 amide bonds. The van der Waals surface area contributed by atoms with Crippen molar-refractivity contribution in [2.24, 2.45) is 0 Å². The second-order valence-corrected chi connectivity index (χ2v) is 9.18. The van der Waals surface area contributed by atoms with E-state index in [1.165, 1.54) is 22.5 Å². The summed E-state index contributed by atoms with van der Waals surface area (Å²) in [6.07, 6.45) is -0.0469. The zero-order valence-corrected chi connectivity index (χ0v) is 19.1. The van der Waals surface area contributed by atoms with E-state index in [1.54, 1.807) is 38.1 Å². The summed E-state index contributed by atoms with van der Waals surface area (Å²) in [5.41, 5.74) is 0.457. The van der Waals surface area contributed by atoms with Gasteiger partial charge >= 0.3 is 0 Å². The van der Waals surface area contributed by atoms with Crippen molar-refractivity contribution in [3.8, 4) is 5.75 Å². The van der Waals surface area contributed by atoms with Gasteiger partial charge in [0, 0.05) is 36.1 Å². The van der Waals surface area contributed by atoms with Gasteiger partial charge in [-0.15, -0.1) is 0 Å².